The molecule has 0 unspecified atom stereocenters. The van der Waals surface area contributed by atoms with Crippen molar-refractivity contribution in [2.75, 3.05) is 37.6 Å². The highest BCUT2D eigenvalue weighted by molar-refractivity contribution is 7.17. The molecule has 1 aromatic heterocycles. The zero-order chi connectivity index (χ0) is 23.2. The molecule has 1 saturated heterocycles. The standard InChI is InChI=1S/C25H32F3N3OS/c1-16-2-5-19(6-3-16)29-24(32)21-12-17(21)14-30-8-10-31(11-9-30)22-15-33-23-13-18(25(26,27)28)4-7-20(22)23/h4,7,13,15-17,19,21H,2-3,5-6,8-12,14H2,1H3,(H,29,32)/t16?,17-,19?,21+/m1/s1. The van der Waals surface area contributed by atoms with Crippen molar-refractivity contribution in [3.8, 4) is 0 Å². The molecule has 1 amide bonds. The van der Waals surface area contributed by atoms with Crippen LogP contribution in [-0.4, -0.2) is 49.6 Å². The van der Waals surface area contributed by atoms with Crippen LogP contribution in [0.3, 0.4) is 0 Å². The highest BCUT2D eigenvalue weighted by Crippen LogP contribution is 2.41. The normalized spacial score (nSPS) is 28.8. The topological polar surface area (TPSA) is 35.6 Å². The van der Waals surface area contributed by atoms with E-state index >= 15 is 0 Å². The molecule has 0 radical (unpaired) electrons. The van der Waals surface area contributed by atoms with Crippen molar-refractivity contribution in [1.82, 2.24) is 10.2 Å². The quantitative estimate of drug-likeness (QED) is 0.626. The van der Waals surface area contributed by atoms with E-state index in [1.165, 1.54) is 36.3 Å². The molecule has 2 aliphatic carbocycles. The second-order valence-electron chi connectivity index (χ2n) is 10.2. The Kier molecular flexibility index (Phi) is 6.33. The zero-order valence-electron chi connectivity index (χ0n) is 19.0. The number of halogens is 3. The Balaban J connectivity index is 1.10. The molecule has 0 bridgehead atoms. The lowest BCUT2D eigenvalue weighted by Crippen LogP contribution is -2.47. The van der Waals surface area contributed by atoms with Gasteiger partial charge in [0.05, 0.1) is 11.3 Å². The van der Waals surface area contributed by atoms with Gasteiger partial charge in [-0.2, -0.15) is 13.2 Å². The van der Waals surface area contributed by atoms with Crippen LogP contribution in [0.25, 0.3) is 10.1 Å². The number of carbonyl (C=O) groups is 1. The summed E-state index contributed by atoms with van der Waals surface area (Å²) in [5.74, 6) is 1.67. The third kappa shape index (κ3) is 5.16. The number of nitrogens with zero attached hydrogens (tertiary/aromatic N) is 2. The molecule has 2 aromatic rings. The number of nitrogens with one attached hydrogen (secondary N) is 1. The number of fused-ring (bicyclic) bond motifs is 1. The fourth-order valence-corrected chi connectivity index (χ4v) is 6.43. The highest BCUT2D eigenvalue weighted by atomic mass is 32.1. The lowest BCUT2D eigenvalue weighted by atomic mass is 9.87. The highest BCUT2D eigenvalue weighted by Gasteiger charge is 2.44. The van der Waals surface area contributed by atoms with E-state index in [1.807, 2.05) is 5.38 Å². The summed E-state index contributed by atoms with van der Waals surface area (Å²) < 4.78 is 39.7. The average Bonchev–Trinajstić information content (AvgIpc) is 3.43. The Morgan fingerprint density at radius 3 is 2.55 bits per heavy atom. The number of rotatable bonds is 5. The summed E-state index contributed by atoms with van der Waals surface area (Å²) in [6.45, 7) is 6.81. The fourth-order valence-electron chi connectivity index (χ4n) is 5.42. The van der Waals surface area contributed by atoms with Crippen molar-refractivity contribution in [1.29, 1.82) is 0 Å². The van der Waals surface area contributed by atoms with E-state index in [4.69, 9.17) is 0 Å². The van der Waals surface area contributed by atoms with Gasteiger partial charge in [0.25, 0.3) is 0 Å². The Hall–Kier alpha value is -1.80. The Morgan fingerprint density at radius 2 is 1.85 bits per heavy atom. The van der Waals surface area contributed by atoms with Crippen molar-refractivity contribution in [3.05, 3.63) is 29.1 Å². The third-order valence-corrected chi connectivity index (χ3v) is 8.64. The van der Waals surface area contributed by atoms with Crippen molar-refractivity contribution >= 4 is 33.0 Å². The number of amides is 1. The Bertz CT molecular complexity index is 990. The summed E-state index contributed by atoms with van der Waals surface area (Å²) in [6.07, 6.45) is 1.34. The van der Waals surface area contributed by atoms with Gasteiger partial charge in [-0.25, -0.2) is 0 Å². The molecule has 1 aromatic carbocycles. The molecule has 3 aliphatic rings. The molecule has 5 rings (SSSR count). The SMILES string of the molecule is CC1CCC(NC(=O)[C@H]2C[C@@H]2CN2CCN(c3csc4cc(C(F)(F)F)ccc34)CC2)CC1. The number of thiophene rings is 1. The minimum Gasteiger partial charge on any atom is -0.368 e. The van der Waals surface area contributed by atoms with Crippen LogP contribution in [0.1, 0.15) is 44.6 Å². The lowest BCUT2D eigenvalue weighted by molar-refractivity contribution is -0.137. The van der Waals surface area contributed by atoms with Gasteiger partial charge in [-0.3, -0.25) is 9.69 Å². The van der Waals surface area contributed by atoms with Gasteiger partial charge >= 0.3 is 6.18 Å². The van der Waals surface area contributed by atoms with E-state index in [9.17, 15) is 18.0 Å². The summed E-state index contributed by atoms with van der Waals surface area (Å²) in [7, 11) is 0. The van der Waals surface area contributed by atoms with Crippen molar-refractivity contribution in [3.63, 3.8) is 0 Å². The van der Waals surface area contributed by atoms with E-state index in [1.54, 1.807) is 6.07 Å². The predicted octanol–water partition coefficient (Wildman–Crippen LogP) is 5.37. The number of benzene rings is 1. The van der Waals surface area contributed by atoms with E-state index in [0.29, 0.717) is 16.7 Å². The molecule has 8 heteroatoms. The van der Waals surface area contributed by atoms with E-state index in [2.05, 4.69) is 22.0 Å². The van der Waals surface area contributed by atoms with Gasteiger partial charge < -0.3 is 10.2 Å². The van der Waals surface area contributed by atoms with Gasteiger partial charge in [0.15, 0.2) is 0 Å². The molecule has 2 saturated carbocycles. The van der Waals surface area contributed by atoms with Crippen molar-refractivity contribution < 1.29 is 18.0 Å². The van der Waals surface area contributed by atoms with Gasteiger partial charge in [0, 0.05) is 60.1 Å². The van der Waals surface area contributed by atoms with Crippen LogP contribution in [-0.2, 0) is 11.0 Å². The van der Waals surface area contributed by atoms with Crippen LogP contribution in [0, 0.1) is 17.8 Å². The van der Waals surface area contributed by atoms with Crippen LogP contribution >= 0.6 is 11.3 Å². The predicted molar refractivity (Wildman–Crippen MR) is 127 cm³/mol. The number of anilines is 1. The second kappa shape index (κ2) is 9.10. The molecule has 4 nitrogen and oxygen atoms in total. The van der Waals surface area contributed by atoms with Crippen LogP contribution in [0.2, 0.25) is 0 Å². The van der Waals surface area contributed by atoms with Crippen LogP contribution < -0.4 is 10.2 Å². The molecule has 2 heterocycles. The van der Waals surface area contributed by atoms with Crippen molar-refractivity contribution in [2.24, 2.45) is 17.8 Å². The molecule has 3 fully saturated rings. The first kappa shape index (κ1) is 23.0. The third-order valence-electron chi connectivity index (χ3n) is 7.71. The summed E-state index contributed by atoms with van der Waals surface area (Å²) >= 11 is 1.38. The largest absolute Gasteiger partial charge is 0.416 e. The summed E-state index contributed by atoms with van der Waals surface area (Å²) in [5, 5.41) is 6.17. The van der Waals surface area contributed by atoms with Crippen LogP contribution in [0.15, 0.2) is 23.6 Å². The molecule has 180 valence electrons. The molecule has 33 heavy (non-hydrogen) atoms. The fraction of sp³-hybridized carbons (Fsp3) is 0.640. The van der Waals surface area contributed by atoms with Gasteiger partial charge in [0.2, 0.25) is 5.91 Å². The Labute approximate surface area is 197 Å². The van der Waals surface area contributed by atoms with E-state index in [0.717, 1.165) is 69.0 Å². The minimum atomic E-state index is -4.31. The summed E-state index contributed by atoms with van der Waals surface area (Å²) in [6, 6.07) is 4.41. The zero-order valence-corrected chi connectivity index (χ0v) is 19.9. The number of piperazine rings is 1. The van der Waals surface area contributed by atoms with Gasteiger partial charge in [0.1, 0.15) is 0 Å². The number of alkyl halides is 3. The second-order valence-corrected chi connectivity index (χ2v) is 11.1. The smallest absolute Gasteiger partial charge is 0.368 e. The van der Waals surface area contributed by atoms with E-state index < -0.39 is 11.7 Å². The number of hydrogen-bond donors (Lipinski definition) is 1. The first-order valence-electron chi connectivity index (χ1n) is 12.1. The average molecular weight is 480 g/mol. The maximum Gasteiger partial charge on any atom is 0.416 e. The number of carbonyl (C=O) groups excluding carboxylic acids is 1. The summed E-state index contributed by atoms with van der Waals surface area (Å²) in [4.78, 5) is 17.3. The van der Waals surface area contributed by atoms with Gasteiger partial charge in [-0.1, -0.05) is 13.0 Å². The van der Waals surface area contributed by atoms with Gasteiger partial charge in [-0.05, 0) is 56.1 Å². The lowest BCUT2D eigenvalue weighted by Gasteiger charge is -2.36. The first-order valence-corrected chi connectivity index (χ1v) is 13.0. The van der Waals surface area contributed by atoms with Gasteiger partial charge in [-0.15, -0.1) is 11.3 Å². The molecular formula is C25H32F3N3OS. The molecule has 2 atom stereocenters. The number of hydrogen-bond acceptors (Lipinski definition) is 4. The molecule has 1 N–H and O–H groups in total. The minimum absolute atomic E-state index is 0.172. The van der Waals surface area contributed by atoms with Crippen LogP contribution in [0.5, 0.6) is 0 Å². The van der Waals surface area contributed by atoms with Crippen molar-refractivity contribution in [2.45, 2.75) is 51.2 Å². The molecule has 0 spiro atoms. The van der Waals surface area contributed by atoms with E-state index in [-0.39, 0.29) is 11.8 Å². The van der Waals surface area contributed by atoms with Crippen LogP contribution in [0.4, 0.5) is 18.9 Å². The first-order chi connectivity index (χ1) is 15.8. The molecule has 1 aliphatic heterocycles. The maximum atomic E-state index is 13.0. The monoisotopic (exact) mass is 479 g/mol. The maximum absolute atomic E-state index is 13.0. The Morgan fingerprint density at radius 1 is 1.12 bits per heavy atom. The molecular weight excluding hydrogens is 447 g/mol. The summed E-state index contributed by atoms with van der Waals surface area (Å²) in [5.41, 5.74) is 0.447.